The second kappa shape index (κ2) is 8.09. The van der Waals surface area contributed by atoms with Crippen LogP contribution in [0.15, 0.2) is 0 Å². The van der Waals surface area contributed by atoms with Crippen molar-refractivity contribution in [2.45, 2.75) is 39.2 Å². The van der Waals surface area contributed by atoms with Gasteiger partial charge in [0.2, 0.25) is 10.0 Å². The highest BCUT2D eigenvalue weighted by Gasteiger charge is 2.21. The average molecular weight is 277 g/mol. The molecule has 0 bridgehead atoms. The summed E-state index contributed by atoms with van der Waals surface area (Å²) in [5, 5.41) is 3.21. The standard InChI is InChI=1S/C12H27N3O2S/c1-3-9-15(4-2)10-8-14-18(16,17)11-12-6-5-7-13-12/h12-14H,3-11H2,1-2H3. The molecule has 0 spiro atoms. The van der Waals surface area contributed by atoms with Gasteiger partial charge in [-0.3, -0.25) is 0 Å². The maximum Gasteiger partial charge on any atom is 0.213 e. The Morgan fingerprint density at radius 1 is 1.33 bits per heavy atom. The van der Waals surface area contributed by atoms with Gasteiger partial charge in [-0.1, -0.05) is 13.8 Å². The number of likely N-dealkylation sites (N-methyl/N-ethyl adjacent to an activating group) is 1. The zero-order valence-corrected chi connectivity index (χ0v) is 12.4. The van der Waals surface area contributed by atoms with Gasteiger partial charge in [0.25, 0.3) is 0 Å². The van der Waals surface area contributed by atoms with Crippen LogP contribution in [-0.4, -0.2) is 57.8 Å². The fraction of sp³-hybridized carbons (Fsp3) is 1.00. The molecule has 6 heteroatoms. The summed E-state index contributed by atoms with van der Waals surface area (Å²) >= 11 is 0. The third kappa shape index (κ3) is 6.13. The minimum Gasteiger partial charge on any atom is -0.313 e. The van der Waals surface area contributed by atoms with E-state index < -0.39 is 10.0 Å². The Morgan fingerprint density at radius 3 is 2.67 bits per heavy atom. The van der Waals surface area contributed by atoms with Crippen LogP contribution in [0.5, 0.6) is 0 Å². The minimum atomic E-state index is -3.12. The number of nitrogens with one attached hydrogen (secondary N) is 2. The van der Waals surface area contributed by atoms with Crippen LogP contribution >= 0.6 is 0 Å². The molecule has 1 aliphatic heterocycles. The maximum atomic E-state index is 11.8. The number of sulfonamides is 1. The fourth-order valence-electron chi connectivity index (χ4n) is 2.33. The molecule has 1 rings (SSSR count). The lowest BCUT2D eigenvalue weighted by Crippen LogP contribution is -2.40. The van der Waals surface area contributed by atoms with Gasteiger partial charge in [-0.2, -0.15) is 0 Å². The molecule has 0 amide bonds. The molecule has 1 heterocycles. The zero-order valence-electron chi connectivity index (χ0n) is 11.6. The van der Waals surface area contributed by atoms with Crippen molar-refractivity contribution >= 4 is 10.0 Å². The van der Waals surface area contributed by atoms with Crippen molar-refractivity contribution in [2.24, 2.45) is 0 Å². The van der Waals surface area contributed by atoms with Gasteiger partial charge in [0.1, 0.15) is 0 Å². The van der Waals surface area contributed by atoms with Crippen molar-refractivity contribution in [3.05, 3.63) is 0 Å². The molecule has 1 saturated heterocycles. The molecule has 0 aliphatic carbocycles. The topological polar surface area (TPSA) is 61.4 Å². The molecule has 0 aromatic rings. The molecule has 1 atom stereocenters. The van der Waals surface area contributed by atoms with Crippen LogP contribution in [-0.2, 0) is 10.0 Å². The van der Waals surface area contributed by atoms with Crippen LogP contribution in [0.4, 0.5) is 0 Å². The third-order valence-corrected chi connectivity index (χ3v) is 4.81. The van der Waals surface area contributed by atoms with E-state index in [1.54, 1.807) is 0 Å². The Hall–Kier alpha value is -0.170. The van der Waals surface area contributed by atoms with Crippen molar-refractivity contribution < 1.29 is 8.42 Å². The zero-order chi connectivity index (χ0) is 13.4. The van der Waals surface area contributed by atoms with E-state index in [0.717, 1.165) is 45.4 Å². The van der Waals surface area contributed by atoms with Crippen LogP contribution in [0, 0.1) is 0 Å². The number of hydrogen-bond acceptors (Lipinski definition) is 4. The quantitative estimate of drug-likeness (QED) is 0.640. The Bertz CT molecular complexity index is 313. The van der Waals surface area contributed by atoms with Gasteiger partial charge in [0, 0.05) is 19.1 Å². The SMILES string of the molecule is CCCN(CC)CCNS(=O)(=O)CC1CCCN1. The average Bonchev–Trinajstić information content (AvgIpc) is 2.79. The van der Waals surface area contributed by atoms with Crippen LogP contribution in [0.25, 0.3) is 0 Å². The first-order valence-electron chi connectivity index (χ1n) is 7.00. The summed E-state index contributed by atoms with van der Waals surface area (Å²) in [5.41, 5.74) is 0. The summed E-state index contributed by atoms with van der Waals surface area (Å²) in [7, 11) is -3.12. The van der Waals surface area contributed by atoms with Crippen molar-refractivity contribution in [1.29, 1.82) is 0 Å². The molecule has 1 aliphatic rings. The Balaban J connectivity index is 2.23. The van der Waals surface area contributed by atoms with Crippen LogP contribution in [0.1, 0.15) is 33.1 Å². The number of rotatable bonds is 9. The van der Waals surface area contributed by atoms with E-state index in [-0.39, 0.29) is 11.8 Å². The normalized spacial score (nSPS) is 20.7. The third-order valence-electron chi connectivity index (χ3n) is 3.32. The molecular weight excluding hydrogens is 250 g/mol. The lowest BCUT2D eigenvalue weighted by atomic mass is 10.3. The van der Waals surface area contributed by atoms with Crippen LogP contribution in [0.3, 0.4) is 0 Å². The Labute approximate surface area is 111 Å². The maximum absolute atomic E-state index is 11.8. The van der Waals surface area contributed by atoms with Crippen molar-refractivity contribution in [2.75, 3.05) is 38.5 Å². The summed E-state index contributed by atoms with van der Waals surface area (Å²) in [6.07, 6.45) is 3.16. The van der Waals surface area contributed by atoms with Crippen LogP contribution < -0.4 is 10.0 Å². The second-order valence-corrected chi connectivity index (χ2v) is 6.75. The van der Waals surface area contributed by atoms with Gasteiger partial charge in [-0.25, -0.2) is 13.1 Å². The molecule has 18 heavy (non-hydrogen) atoms. The van der Waals surface area contributed by atoms with E-state index in [0.29, 0.717) is 6.54 Å². The predicted octanol–water partition coefficient (Wildman–Crippen LogP) is 0.390. The van der Waals surface area contributed by atoms with Gasteiger partial charge in [-0.15, -0.1) is 0 Å². The molecule has 0 aromatic carbocycles. The van der Waals surface area contributed by atoms with Gasteiger partial charge < -0.3 is 10.2 Å². The first-order chi connectivity index (χ1) is 8.57. The minimum absolute atomic E-state index is 0.139. The van der Waals surface area contributed by atoms with Crippen molar-refractivity contribution in [1.82, 2.24) is 14.9 Å². The van der Waals surface area contributed by atoms with Crippen molar-refractivity contribution in [3.8, 4) is 0 Å². The molecule has 108 valence electrons. The number of hydrogen-bond donors (Lipinski definition) is 2. The van der Waals surface area contributed by atoms with E-state index in [2.05, 4.69) is 28.8 Å². The molecule has 1 unspecified atom stereocenters. The first-order valence-corrected chi connectivity index (χ1v) is 8.65. The van der Waals surface area contributed by atoms with E-state index in [4.69, 9.17) is 0 Å². The smallest absolute Gasteiger partial charge is 0.213 e. The van der Waals surface area contributed by atoms with Gasteiger partial charge >= 0.3 is 0 Å². The molecule has 1 fully saturated rings. The predicted molar refractivity (Wildman–Crippen MR) is 75.2 cm³/mol. The highest BCUT2D eigenvalue weighted by atomic mass is 32.2. The lowest BCUT2D eigenvalue weighted by molar-refractivity contribution is 0.293. The molecule has 2 N–H and O–H groups in total. The van der Waals surface area contributed by atoms with Gasteiger partial charge in [0.15, 0.2) is 0 Å². The highest BCUT2D eigenvalue weighted by Crippen LogP contribution is 2.06. The van der Waals surface area contributed by atoms with Crippen LogP contribution in [0.2, 0.25) is 0 Å². The second-order valence-electron chi connectivity index (χ2n) is 4.90. The van der Waals surface area contributed by atoms with E-state index in [1.807, 2.05) is 0 Å². The monoisotopic (exact) mass is 277 g/mol. The first kappa shape index (κ1) is 15.9. The van der Waals surface area contributed by atoms with E-state index in [9.17, 15) is 8.42 Å². The largest absolute Gasteiger partial charge is 0.313 e. The summed E-state index contributed by atoms with van der Waals surface area (Å²) < 4.78 is 26.4. The summed E-state index contributed by atoms with van der Waals surface area (Å²) in [5.74, 6) is 0.215. The van der Waals surface area contributed by atoms with E-state index in [1.165, 1.54) is 0 Å². The fourth-order valence-corrected chi connectivity index (χ4v) is 3.66. The molecule has 0 aromatic heterocycles. The highest BCUT2D eigenvalue weighted by molar-refractivity contribution is 7.89. The Kier molecular flexibility index (Phi) is 7.14. The lowest BCUT2D eigenvalue weighted by Gasteiger charge is -2.20. The Morgan fingerprint density at radius 2 is 2.11 bits per heavy atom. The van der Waals surface area contributed by atoms with E-state index >= 15 is 0 Å². The molecule has 0 radical (unpaired) electrons. The van der Waals surface area contributed by atoms with Gasteiger partial charge in [-0.05, 0) is 38.9 Å². The van der Waals surface area contributed by atoms with Gasteiger partial charge in [0.05, 0.1) is 5.75 Å². The molecule has 0 saturated carbocycles. The summed E-state index contributed by atoms with van der Waals surface area (Å²) in [6.45, 7) is 8.50. The molecule has 5 nitrogen and oxygen atoms in total. The van der Waals surface area contributed by atoms with Crippen molar-refractivity contribution in [3.63, 3.8) is 0 Å². The molecular formula is C12H27N3O2S. The number of nitrogens with zero attached hydrogens (tertiary/aromatic N) is 1. The summed E-state index contributed by atoms with van der Waals surface area (Å²) in [6, 6.07) is 0.139. The summed E-state index contributed by atoms with van der Waals surface area (Å²) in [4.78, 5) is 2.26.